The molecule has 9 heteroatoms. The number of methoxy groups -OCH3 is 3. The molecule has 1 saturated heterocycles. The van der Waals surface area contributed by atoms with Gasteiger partial charge >= 0.3 is 17.9 Å². The Hall–Kier alpha value is -2.45. The van der Waals surface area contributed by atoms with E-state index in [-0.39, 0.29) is 13.0 Å². The van der Waals surface area contributed by atoms with Crippen molar-refractivity contribution in [2.45, 2.75) is 25.3 Å². The number of rotatable bonds is 5. The monoisotopic (exact) mass is 329 g/mol. The van der Waals surface area contributed by atoms with Crippen LogP contribution in [0.5, 0.6) is 0 Å². The zero-order valence-electron chi connectivity index (χ0n) is 13.2. The molecule has 0 aromatic rings. The van der Waals surface area contributed by atoms with Crippen LogP contribution in [0.4, 0.5) is 0 Å². The first-order valence-corrected chi connectivity index (χ1v) is 6.91. The van der Waals surface area contributed by atoms with Gasteiger partial charge in [-0.15, -0.1) is 0 Å². The second-order valence-electron chi connectivity index (χ2n) is 4.97. The molecule has 1 rings (SSSR count). The minimum atomic E-state index is -1.14. The lowest BCUT2D eigenvalue weighted by Crippen LogP contribution is -2.53. The second-order valence-corrected chi connectivity index (χ2v) is 4.97. The third-order valence-electron chi connectivity index (χ3n) is 3.63. The van der Waals surface area contributed by atoms with Crippen LogP contribution in [0.25, 0.3) is 0 Å². The van der Waals surface area contributed by atoms with Crippen molar-refractivity contribution in [3.05, 3.63) is 0 Å². The molecule has 1 aliphatic heterocycles. The fraction of sp³-hybridized carbons (Fsp3) is 0.643. The van der Waals surface area contributed by atoms with Crippen molar-refractivity contribution in [1.82, 2.24) is 4.90 Å². The Balaban J connectivity index is 2.90. The van der Waals surface area contributed by atoms with Gasteiger partial charge in [0, 0.05) is 6.54 Å². The first-order chi connectivity index (χ1) is 10.8. The maximum absolute atomic E-state index is 12.3. The second kappa shape index (κ2) is 8.25. The maximum atomic E-state index is 12.3. The molecule has 1 fully saturated rings. The number of esters is 3. The van der Waals surface area contributed by atoms with Gasteiger partial charge in [-0.3, -0.25) is 14.4 Å². The summed E-state index contributed by atoms with van der Waals surface area (Å²) in [6.07, 6.45) is -0.195. The molecule has 128 valence electrons. The lowest BCUT2D eigenvalue weighted by molar-refractivity contribution is -0.162. The number of carbonyl (C=O) groups excluding carboxylic acids is 5. The molecule has 0 bridgehead atoms. The first kappa shape index (κ1) is 18.6. The quantitative estimate of drug-likeness (QED) is 0.275. The minimum Gasteiger partial charge on any atom is -0.469 e. The number of amides is 1. The molecule has 23 heavy (non-hydrogen) atoms. The Bertz CT molecular complexity index is 515. The summed E-state index contributed by atoms with van der Waals surface area (Å²) >= 11 is 0. The first-order valence-electron chi connectivity index (χ1n) is 6.91. The molecule has 0 saturated carbocycles. The summed E-state index contributed by atoms with van der Waals surface area (Å²) in [5, 5.41) is 0. The average molecular weight is 329 g/mol. The van der Waals surface area contributed by atoms with Crippen LogP contribution in [0, 0.1) is 5.92 Å². The van der Waals surface area contributed by atoms with Gasteiger partial charge in [0.05, 0.1) is 33.7 Å². The normalized spacial score (nSPS) is 20.4. The molecule has 0 radical (unpaired) electrons. The standard InChI is InChI=1S/C14H19NO8/c1-21-12(18)8-4-5-9(13(19)22-2)15(7-8)11(17)6-10(16)14(20)23-3/h8-9H,4-7H2,1-3H3/t8-,9-/m1/s1. The molecule has 0 aromatic carbocycles. The van der Waals surface area contributed by atoms with Gasteiger partial charge in [0.15, 0.2) is 0 Å². The highest BCUT2D eigenvalue weighted by atomic mass is 16.5. The summed E-state index contributed by atoms with van der Waals surface area (Å²) in [5.74, 6) is -4.67. The van der Waals surface area contributed by atoms with Crippen molar-refractivity contribution in [2.75, 3.05) is 27.9 Å². The van der Waals surface area contributed by atoms with E-state index < -0.39 is 48.0 Å². The molecule has 1 heterocycles. The van der Waals surface area contributed by atoms with E-state index in [4.69, 9.17) is 0 Å². The Labute approximate surface area is 132 Å². The smallest absolute Gasteiger partial charge is 0.374 e. The summed E-state index contributed by atoms with van der Waals surface area (Å²) in [6.45, 7) is -0.0836. The van der Waals surface area contributed by atoms with Crippen molar-refractivity contribution in [3.63, 3.8) is 0 Å². The number of carbonyl (C=O) groups is 5. The van der Waals surface area contributed by atoms with E-state index in [0.717, 1.165) is 12.0 Å². The molecule has 1 aliphatic rings. The van der Waals surface area contributed by atoms with Crippen LogP contribution in [-0.4, -0.2) is 68.4 Å². The number of piperidine rings is 1. The van der Waals surface area contributed by atoms with Crippen molar-refractivity contribution < 1.29 is 38.2 Å². The van der Waals surface area contributed by atoms with Gasteiger partial charge in [-0.2, -0.15) is 0 Å². The fourth-order valence-corrected chi connectivity index (χ4v) is 2.41. The van der Waals surface area contributed by atoms with Crippen molar-refractivity contribution in [2.24, 2.45) is 5.92 Å². The molecule has 0 spiro atoms. The topological polar surface area (TPSA) is 116 Å². The Morgan fingerprint density at radius 3 is 2.04 bits per heavy atom. The average Bonchev–Trinajstić information content (AvgIpc) is 2.58. The van der Waals surface area contributed by atoms with E-state index in [2.05, 4.69) is 14.2 Å². The van der Waals surface area contributed by atoms with Crippen molar-refractivity contribution in [3.8, 4) is 0 Å². The van der Waals surface area contributed by atoms with Crippen LogP contribution >= 0.6 is 0 Å². The predicted molar refractivity (Wildman–Crippen MR) is 73.9 cm³/mol. The third-order valence-corrected chi connectivity index (χ3v) is 3.63. The highest BCUT2D eigenvalue weighted by Gasteiger charge is 2.40. The molecule has 9 nitrogen and oxygen atoms in total. The highest BCUT2D eigenvalue weighted by molar-refractivity contribution is 6.36. The molecule has 0 aliphatic carbocycles. The Morgan fingerprint density at radius 1 is 0.913 bits per heavy atom. The van der Waals surface area contributed by atoms with Crippen LogP contribution in [0.15, 0.2) is 0 Å². The molecular formula is C14H19NO8. The largest absolute Gasteiger partial charge is 0.469 e. The van der Waals surface area contributed by atoms with Crippen molar-refractivity contribution in [1.29, 1.82) is 0 Å². The Kier molecular flexibility index (Phi) is 6.67. The zero-order chi connectivity index (χ0) is 17.6. The minimum absolute atomic E-state index is 0.0836. The molecule has 0 unspecified atom stereocenters. The third kappa shape index (κ3) is 4.51. The van der Waals surface area contributed by atoms with Gasteiger partial charge < -0.3 is 19.1 Å². The van der Waals surface area contributed by atoms with Crippen LogP contribution in [-0.2, 0) is 38.2 Å². The summed E-state index contributed by atoms with van der Waals surface area (Å²) in [5.41, 5.74) is 0. The summed E-state index contributed by atoms with van der Waals surface area (Å²) in [7, 11) is 3.43. The van der Waals surface area contributed by atoms with Crippen LogP contribution in [0.1, 0.15) is 19.3 Å². The number of hydrogen-bond donors (Lipinski definition) is 0. The molecule has 1 amide bonds. The fourth-order valence-electron chi connectivity index (χ4n) is 2.41. The zero-order valence-corrected chi connectivity index (χ0v) is 13.2. The van der Waals surface area contributed by atoms with Gasteiger partial charge in [0.1, 0.15) is 6.04 Å². The van der Waals surface area contributed by atoms with Gasteiger partial charge in [-0.05, 0) is 12.8 Å². The molecule has 0 N–H and O–H groups in total. The van der Waals surface area contributed by atoms with Crippen molar-refractivity contribution >= 4 is 29.6 Å². The number of nitrogens with zero attached hydrogens (tertiary/aromatic N) is 1. The molecule has 0 aromatic heterocycles. The van der Waals surface area contributed by atoms with Gasteiger partial charge in [0.2, 0.25) is 11.7 Å². The summed E-state index contributed by atoms with van der Waals surface area (Å²) in [4.78, 5) is 59.4. The molecule has 2 atom stereocenters. The van der Waals surface area contributed by atoms with Crippen LogP contribution in [0.3, 0.4) is 0 Å². The number of hydrogen-bond acceptors (Lipinski definition) is 8. The SMILES string of the molecule is COC(=O)C(=O)CC(=O)N1C[C@H](C(=O)OC)CC[C@@H]1C(=O)OC. The number of likely N-dealkylation sites (tertiary alicyclic amines) is 1. The van der Waals surface area contributed by atoms with Gasteiger partial charge in [-0.25, -0.2) is 9.59 Å². The van der Waals surface area contributed by atoms with Crippen LogP contribution < -0.4 is 0 Å². The number of ketones is 1. The highest BCUT2D eigenvalue weighted by Crippen LogP contribution is 2.24. The summed E-state index contributed by atoms with van der Waals surface area (Å²) in [6, 6.07) is -0.904. The lowest BCUT2D eigenvalue weighted by atomic mass is 9.92. The maximum Gasteiger partial charge on any atom is 0.374 e. The molecular weight excluding hydrogens is 310 g/mol. The van der Waals surface area contributed by atoms with Gasteiger partial charge in [-0.1, -0.05) is 0 Å². The Morgan fingerprint density at radius 2 is 1.52 bits per heavy atom. The number of ether oxygens (including phenoxy) is 3. The van der Waals surface area contributed by atoms with Crippen LogP contribution in [0.2, 0.25) is 0 Å². The van der Waals surface area contributed by atoms with E-state index in [1.165, 1.54) is 14.2 Å². The van der Waals surface area contributed by atoms with E-state index >= 15 is 0 Å². The van der Waals surface area contributed by atoms with E-state index in [1.807, 2.05) is 0 Å². The lowest BCUT2D eigenvalue weighted by Gasteiger charge is -2.36. The van der Waals surface area contributed by atoms with E-state index in [1.54, 1.807) is 0 Å². The summed E-state index contributed by atoms with van der Waals surface area (Å²) < 4.78 is 13.5. The van der Waals surface area contributed by atoms with Gasteiger partial charge in [0.25, 0.3) is 0 Å². The predicted octanol–water partition coefficient (Wildman–Crippen LogP) is -0.928. The van der Waals surface area contributed by atoms with E-state index in [0.29, 0.717) is 6.42 Å². The van der Waals surface area contributed by atoms with E-state index in [9.17, 15) is 24.0 Å². The number of Topliss-reactive ketones (excluding diaryl/α,β-unsaturated/α-hetero) is 1.